The molecule has 248 valence electrons. The van der Waals surface area contributed by atoms with E-state index in [1.165, 1.54) is 50.6 Å². The predicted molar refractivity (Wildman–Crippen MR) is 169 cm³/mol. The number of nitro benzene ring substituents is 1. The Hall–Kier alpha value is -5.16. The summed E-state index contributed by atoms with van der Waals surface area (Å²) < 4.78 is 52.6. The summed E-state index contributed by atoms with van der Waals surface area (Å²) in [5, 5.41) is 12.5. The smallest absolute Gasteiger partial charge is 0.418 e. The van der Waals surface area contributed by atoms with Gasteiger partial charge in [-0.05, 0) is 42.0 Å². The van der Waals surface area contributed by atoms with Gasteiger partial charge in [-0.15, -0.1) is 0 Å². The number of rotatable bonds is 8. The van der Waals surface area contributed by atoms with Crippen LogP contribution in [-0.4, -0.2) is 46.7 Å². The zero-order chi connectivity index (χ0) is 34.5. The van der Waals surface area contributed by atoms with Gasteiger partial charge in [0.2, 0.25) is 17.7 Å². The van der Waals surface area contributed by atoms with Gasteiger partial charge < -0.3 is 14.8 Å². The maximum absolute atomic E-state index is 14.1. The van der Waals surface area contributed by atoms with Gasteiger partial charge in [0.05, 0.1) is 47.0 Å². The lowest BCUT2D eigenvalue weighted by Gasteiger charge is -2.31. The molecule has 0 spiro atoms. The average Bonchev–Trinajstić information content (AvgIpc) is 3.50. The van der Waals surface area contributed by atoms with Crippen molar-refractivity contribution >= 4 is 57.9 Å². The van der Waals surface area contributed by atoms with E-state index in [0.717, 1.165) is 44.7 Å². The largest absolute Gasteiger partial charge is 0.493 e. The zero-order valence-corrected chi connectivity index (χ0v) is 26.5. The third-order valence-corrected chi connectivity index (χ3v) is 10.5. The van der Waals surface area contributed by atoms with Crippen LogP contribution in [0.3, 0.4) is 0 Å². The van der Waals surface area contributed by atoms with E-state index >= 15 is 0 Å². The number of imide groups is 1. The lowest BCUT2D eigenvalue weighted by Crippen LogP contribution is -2.33. The Morgan fingerprint density at radius 3 is 2.31 bits per heavy atom. The number of nitro groups is 1. The maximum Gasteiger partial charge on any atom is 0.418 e. The second-order valence-corrected chi connectivity index (χ2v) is 12.8. The van der Waals surface area contributed by atoms with E-state index in [1.54, 1.807) is 18.2 Å². The Balaban J connectivity index is 1.42. The number of amides is 3. The maximum atomic E-state index is 14.1. The third-order valence-electron chi connectivity index (χ3n) is 7.94. The van der Waals surface area contributed by atoms with Crippen LogP contribution < -0.4 is 24.6 Å². The van der Waals surface area contributed by atoms with E-state index in [4.69, 9.17) is 9.47 Å². The van der Waals surface area contributed by atoms with Crippen LogP contribution in [0, 0.1) is 16.0 Å². The number of fused-ring (bicyclic) bond motifs is 2. The number of carbonyl (C=O) groups excluding carboxylic acids is 3. The fourth-order valence-electron chi connectivity index (χ4n) is 5.81. The molecule has 3 atom stereocenters. The molecule has 0 unspecified atom stereocenters. The number of nitrogens with zero attached hydrogens (tertiary/aromatic N) is 3. The number of thioether (sulfide) groups is 1. The molecule has 3 amide bonds. The minimum absolute atomic E-state index is 0.111. The van der Waals surface area contributed by atoms with Crippen LogP contribution in [0.5, 0.6) is 11.5 Å². The van der Waals surface area contributed by atoms with Crippen molar-refractivity contribution in [2.75, 3.05) is 24.4 Å². The van der Waals surface area contributed by atoms with Crippen molar-refractivity contribution in [3.8, 4) is 11.5 Å². The summed E-state index contributed by atoms with van der Waals surface area (Å²) in [6, 6.07) is 14.2. The Labute approximate surface area is 277 Å². The first-order chi connectivity index (χ1) is 22.8. The number of hydrogen-bond donors (Lipinski definition) is 1. The highest BCUT2D eigenvalue weighted by Gasteiger charge is 2.57. The van der Waals surface area contributed by atoms with E-state index in [1.807, 2.05) is 0 Å². The summed E-state index contributed by atoms with van der Waals surface area (Å²) in [5.74, 6) is -3.41. The van der Waals surface area contributed by atoms with Gasteiger partial charge in [-0.2, -0.15) is 13.2 Å². The second-order valence-electron chi connectivity index (χ2n) is 10.7. The molecule has 1 fully saturated rings. The first kappa shape index (κ1) is 32.8. The minimum atomic E-state index is -4.75. The molecule has 1 aromatic heterocycles. The average molecular weight is 701 g/mol. The summed E-state index contributed by atoms with van der Waals surface area (Å²) in [6.45, 7) is -0.673. The van der Waals surface area contributed by atoms with Gasteiger partial charge in [-0.3, -0.25) is 33.9 Å². The molecule has 1 saturated heterocycles. The van der Waals surface area contributed by atoms with E-state index in [-0.39, 0.29) is 16.4 Å². The molecule has 3 heterocycles. The third kappa shape index (κ3) is 5.68. The molecular weight excluding hydrogens is 677 g/mol. The molecule has 0 bridgehead atoms. The van der Waals surface area contributed by atoms with Crippen molar-refractivity contribution in [3.63, 3.8) is 0 Å². The van der Waals surface area contributed by atoms with E-state index < -0.39 is 68.6 Å². The molecule has 2 aliphatic heterocycles. The highest BCUT2D eigenvalue weighted by atomic mass is 32.2. The molecule has 6 rings (SSSR count). The number of para-hydroxylation sites is 1. The highest BCUT2D eigenvalue weighted by Crippen LogP contribution is 2.54. The molecule has 3 aromatic carbocycles. The van der Waals surface area contributed by atoms with Crippen molar-refractivity contribution in [1.82, 2.24) is 4.57 Å². The van der Waals surface area contributed by atoms with Crippen molar-refractivity contribution in [2.24, 2.45) is 5.92 Å². The topological polar surface area (TPSA) is 150 Å². The highest BCUT2D eigenvalue weighted by molar-refractivity contribution is 8.00. The monoisotopic (exact) mass is 700 g/mol. The number of alkyl halides is 3. The lowest BCUT2D eigenvalue weighted by atomic mass is 9.83. The number of aromatic nitrogens is 1. The van der Waals surface area contributed by atoms with Gasteiger partial charge in [-0.25, -0.2) is 4.90 Å². The summed E-state index contributed by atoms with van der Waals surface area (Å²) in [7, 11) is 2.85. The first-order valence-electron chi connectivity index (χ1n) is 14.0. The van der Waals surface area contributed by atoms with E-state index in [9.17, 15) is 42.5 Å². The predicted octanol–water partition coefficient (Wildman–Crippen LogP) is 5.29. The Morgan fingerprint density at radius 2 is 1.67 bits per heavy atom. The van der Waals surface area contributed by atoms with Crippen LogP contribution in [0.1, 0.15) is 21.9 Å². The molecule has 12 nitrogen and oxygen atoms in total. The van der Waals surface area contributed by atoms with Crippen LogP contribution in [0.25, 0.3) is 0 Å². The Kier molecular flexibility index (Phi) is 8.51. The van der Waals surface area contributed by atoms with Crippen LogP contribution in [-0.2, 0) is 27.1 Å². The SMILES string of the molecule is COc1ccc([C@@H]2c3sc(=O)n(CC(=O)Nc4ccccc4C(F)(F)F)c3S[C@H]3C(=O)N(c4ccc([N+](=O)[O-])cc4)C(=O)[C@@H]23)cc1OC. The number of hydrogen-bond acceptors (Lipinski definition) is 10. The number of anilines is 2. The summed E-state index contributed by atoms with van der Waals surface area (Å²) >= 11 is 1.65. The minimum Gasteiger partial charge on any atom is -0.493 e. The fraction of sp³-hybridized carbons (Fsp3) is 0.226. The standard InChI is InChI=1S/C31H23F3N4O8S2/c1-45-20-12-7-15(13-21(20)46-2)23-24-25(28(41)37(27(24)40)16-8-10-17(11-9-16)38(43)44)47-29-26(23)48-30(42)36(29)14-22(39)35-19-6-4-3-5-18(19)31(32,33)34/h3-13,23-25H,14H2,1-2H3,(H,35,39)/t23-,24-,25+/m0/s1. The molecule has 0 saturated carbocycles. The molecular formula is C31H23F3N4O8S2. The van der Waals surface area contributed by atoms with Gasteiger partial charge >= 0.3 is 11.0 Å². The zero-order valence-electron chi connectivity index (χ0n) is 24.8. The van der Waals surface area contributed by atoms with Gasteiger partial charge in [0.15, 0.2) is 11.5 Å². The number of nitrogens with one attached hydrogen (secondary N) is 1. The number of ether oxygens (including phenoxy) is 2. The van der Waals surface area contributed by atoms with Crippen LogP contribution in [0.4, 0.5) is 30.2 Å². The second kappa shape index (κ2) is 12.5. The Morgan fingerprint density at radius 1 is 0.979 bits per heavy atom. The molecule has 1 N–H and O–H groups in total. The van der Waals surface area contributed by atoms with Crippen LogP contribution in [0.15, 0.2) is 76.6 Å². The first-order valence-corrected chi connectivity index (χ1v) is 15.7. The Bertz CT molecular complexity index is 2030. The fourth-order valence-corrected chi connectivity index (χ4v) is 8.58. The van der Waals surface area contributed by atoms with Crippen molar-refractivity contribution in [1.29, 1.82) is 0 Å². The van der Waals surface area contributed by atoms with Gasteiger partial charge in [0.25, 0.3) is 5.69 Å². The molecule has 0 radical (unpaired) electrons. The normalized spacial score (nSPS) is 18.7. The van der Waals surface area contributed by atoms with Crippen molar-refractivity contribution < 1.29 is 42.0 Å². The summed E-state index contributed by atoms with van der Waals surface area (Å²) in [6.07, 6.45) is -4.75. The van der Waals surface area contributed by atoms with Gasteiger partial charge in [0, 0.05) is 22.9 Å². The molecule has 17 heteroatoms. The van der Waals surface area contributed by atoms with Crippen molar-refractivity contribution in [3.05, 3.63) is 103 Å². The number of benzene rings is 3. The summed E-state index contributed by atoms with van der Waals surface area (Å²) in [5.41, 5.74) is -1.19. The number of halogens is 3. The van der Waals surface area contributed by atoms with Crippen LogP contribution >= 0.6 is 23.1 Å². The number of methoxy groups -OCH3 is 2. The molecule has 2 aliphatic rings. The molecule has 48 heavy (non-hydrogen) atoms. The lowest BCUT2D eigenvalue weighted by molar-refractivity contribution is -0.384. The number of carbonyl (C=O) groups is 3. The quantitative estimate of drug-likeness (QED) is 0.147. The van der Waals surface area contributed by atoms with E-state index in [0.29, 0.717) is 21.9 Å². The number of non-ortho nitro benzene ring substituents is 1. The molecule has 0 aliphatic carbocycles. The van der Waals surface area contributed by atoms with E-state index in [2.05, 4.69) is 5.32 Å². The van der Waals surface area contributed by atoms with Gasteiger partial charge in [0.1, 0.15) is 11.8 Å². The molecule has 4 aromatic rings. The van der Waals surface area contributed by atoms with Gasteiger partial charge in [-0.1, -0.05) is 41.3 Å². The summed E-state index contributed by atoms with van der Waals surface area (Å²) in [4.78, 5) is 65.8. The van der Waals surface area contributed by atoms with Crippen molar-refractivity contribution in [2.45, 2.75) is 28.9 Å². The van der Waals surface area contributed by atoms with Crippen LogP contribution in [0.2, 0.25) is 0 Å². The number of thiazole rings is 1.